The maximum absolute atomic E-state index is 12.0. The summed E-state index contributed by atoms with van der Waals surface area (Å²) < 4.78 is 5.75. The van der Waals surface area contributed by atoms with Crippen LogP contribution in [0.4, 0.5) is 0 Å². The predicted molar refractivity (Wildman–Crippen MR) is 66.3 cm³/mol. The van der Waals surface area contributed by atoms with Crippen molar-refractivity contribution in [1.82, 2.24) is 0 Å². The van der Waals surface area contributed by atoms with Crippen LogP contribution in [0.25, 0.3) is 0 Å². The fourth-order valence-corrected chi connectivity index (χ4v) is 1.97. The summed E-state index contributed by atoms with van der Waals surface area (Å²) in [5.74, 6) is -0.0735. The topological polar surface area (TPSA) is 30.2 Å². The summed E-state index contributed by atoms with van der Waals surface area (Å²) in [7, 11) is 0. The highest BCUT2D eigenvalue weighted by Crippen LogP contribution is 2.21. The number of hydrogen-bond acceptors (Lipinski definition) is 2. The van der Waals surface area contributed by atoms with Gasteiger partial charge in [0.2, 0.25) is 0 Å². The van der Waals surface area contributed by atoms with E-state index >= 15 is 0 Å². The molecule has 0 bridgehead atoms. The van der Waals surface area contributed by atoms with Crippen LogP contribution in [0.15, 0.2) is 41.2 Å². The van der Waals surface area contributed by atoms with Gasteiger partial charge in [0.05, 0.1) is 11.8 Å². The average Bonchev–Trinajstić information content (AvgIpc) is 2.74. The normalized spacial score (nSPS) is 10.3. The van der Waals surface area contributed by atoms with Crippen LogP contribution < -0.4 is 0 Å². The van der Waals surface area contributed by atoms with Crippen LogP contribution in [0.1, 0.15) is 15.9 Å². The summed E-state index contributed by atoms with van der Waals surface area (Å²) >= 11 is 7.95. The molecule has 4 heteroatoms. The van der Waals surface area contributed by atoms with Crippen molar-refractivity contribution in [2.75, 3.05) is 0 Å². The molecule has 0 radical (unpaired) electrons. The Morgan fingerprint density at radius 2 is 2.13 bits per heavy atom. The summed E-state index contributed by atoms with van der Waals surface area (Å²) in [5, 5.41) is 0.558. The molecule has 0 amide bonds. The van der Waals surface area contributed by atoms with Crippen LogP contribution in [0.2, 0.25) is 5.02 Å². The molecule has 2 aromatic rings. The Morgan fingerprint density at radius 3 is 2.80 bits per heavy atom. The number of benzene rings is 1. The minimum Gasteiger partial charge on any atom is -0.472 e. The molecular weight excluding hydrogens is 326 g/mol. The number of hydrogen-bond donors (Lipinski definition) is 0. The van der Waals surface area contributed by atoms with Crippen LogP contribution in [0, 0.1) is 3.57 Å². The van der Waals surface area contributed by atoms with Gasteiger partial charge < -0.3 is 4.42 Å². The summed E-state index contributed by atoms with van der Waals surface area (Å²) in [5.41, 5.74) is 1.14. The SMILES string of the molecule is O=C(c1ccoc1)c1cc(Cl)ccc1I. The lowest BCUT2D eigenvalue weighted by atomic mass is 10.1. The molecule has 1 heterocycles. The van der Waals surface area contributed by atoms with Crippen molar-refractivity contribution >= 4 is 40.0 Å². The highest BCUT2D eigenvalue weighted by Gasteiger charge is 2.13. The number of rotatable bonds is 2. The van der Waals surface area contributed by atoms with Crippen molar-refractivity contribution in [1.29, 1.82) is 0 Å². The molecule has 0 saturated heterocycles. The van der Waals surface area contributed by atoms with Gasteiger partial charge >= 0.3 is 0 Å². The Bertz CT molecular complexity index is 491. The van der Waals surface area contributed by atoms with E-state index in [4.69, 9.17) is 16.0 Å². The molecule has 0 fully saturated rings. The second-order valence-electron chi connectivity index (χ2n) is 2.97. The number of carbonyl (C=O) groups excluding carboxylic acids is 1. The molecule has 15 heavy (non-hydrogen) atoms. The largest absolute Gasteiger partial charge is 0.472 e. The van der Waals surface area contributed by atoms with E-state index in [-0.39, 0.29) is 5.78 Å². The van der Waals surface area contributed by atoms with Gasteiger partial charge in [-0.15, -0.1) is 0 Å². The van der Waals surface area contributed by atoms with Gasteiger partial charge in [0.25, 0.3) is 0 Å². The lowest BCUT2D eigenvalue weighted by Gasteiger charge is -2.01. The van der Waals surface area contributed by atoms with E-state index in [0.29, 0.717) is 16.1 Å². The van der Waals surface area contributed by atoms with E-state index in [1.165, 1.54) is 12.5 Å². The summed E-state index contributed by atoms with van der Waals surface area (Å²) in [6, 6.07) is 6.88. The van der Waals surface area contributed by atoms with Crippen LogP contribution in [-0.2, 0) is 0 Å². The Labute approximate surface area is 105 Å². The zero-order valence-corrected chi connectivity index (χ0v) is 10.4. The van der Waals surface area contributed by atoms with E-state index < -0.39 is 0 Å². The van der Waals surface area contributed by atoms with E-state index in [9.17, 15) is 4.79 Å². The molecule has 2 rings (SSSR count). The van der Waals surface area contributed by atoms with Gasteiger partial charge in [-0.1, -0.05) is 11.6 Å². The van der Waals surface area contributed by atoms with Crippen molar-refractivity contribution in [2.24, 2.45) is 0 Å². The van der Waals surface area contributed by atoms with Gasteiger partial charge in [0.1, 0.15) is 6.26 Å². The molecule has 0 spiro atoms. The maximum Gasteiger partial charge on any atom is 0.197 e. The molecule has 0 atom stereocenters. The second-order valence-corrected chi connectivity index (χ2v) is 4.56. The molecule has 0 saturated carbocycles. The first-order chi connectivity index (χ1) is 7.18. The zero-order chi connectivity index (χ0) is 10.8. The Balaban J connectivity index is 2.46. The van der Waals surface area contributed by atoms with Crippen molar-refractivity contribution in [3.05, 3.63) is 56.5 Å². The molecule has 1 aromatic carbocycles. The molecular formula is C11H6ClIO2. The molecule has 2 nitrogen and oxygen atoms in total. The van der Waals surface area contributed by atoms with E-state index in [2.05, 4.69) is 22.6 Å². The summed E-state index contributed by atoms with van der Waals surface area (Å²) in [6.45, 7) is 0. The van der Waals surface area contributed by atoms with Gasteiger partial charge in [-0.25, -0.2) is 0 Å². The maximum atomic E-state index is 12.0. The Hall–Kier alpha value is -0.810. The Kier molecular flexibility index (Phi) is 3.11. The predicted octanol–water partition coefficient (Wildman–Crippen LogP) is 3.77. The van der Waals surface area contributed by atoms with Crippen molar-refractivity contribution in [2.45, 2.75) is 0 Å². The van der Waals surface area contributed by atoms with Gasteiger partial charge in [-0.2, -0.15) is 0 Å². The number of halogens is 2. The lowest BCUT2D eigenvalue weighted by Crippen LogP contribution is -2.02. The van der Waals surface area contributed by atoms with Crippen LogP contribution in [0.3, 0.4) is 0 Å². The first-order valence-electron chi connectivity index (χ1n) is 4.20. The Morgan fingerprint density at radius 1 is 1.33 bits per heavy atom. The molecule has 0 aliphatic carbocycles. The number of furan rings is 1. The van der Waals surface area contributed by atoms with Gasteiger partial charge in [-0.3, -0.25) is 4.79 Å². The molecule has 0 unspecified atom stereocenters. The van der Waals surface area contributed by atoms with Crippen LogP contribution >= 0.6 is 34.2 Å². The standard InChI is InChI=1S/C11H6ClIO2/c12-8-1-2-10(13)9(5-8)11(14)7-3-4-15-6-7/h1-6H. The molecule has 0 N–H and O–H groups in total. The monoisotopic (exact) mass is 332 g/mol. The van der Waals surface area contributed by atoms with Gasteiger partial charge in [0.15, 0.2) is 5.78 Å². The van der Waals surface area contributed by atoms with Crippen LogP contribution in [0.5, 0.6) is 0 Å². The van der Waals surface area contributed by atoms with Crippen LogP contribution in [-0.4, -0.2) is 5.78 Å². The highest BCUT2D eigenvalue weighted by molar-refractivity contribution is 14.1. The fraction of sp³-hybridized carbons (Fsp3) is 0. The highest BCUT2D eigenvalue weighted by atomic mass is 127. The van der Waals surface area contributed by atoms with Crippen molar-refractivity contribution < 1.29 is 9.21 Å². The molecule has 0 aliphatic rings. The number of carbonyl (C=O) groups is 1. The van der Waals surface area contributed by atoms with Crippen molar-refractivity contribution in [3.8, 4) is 0 Å². The third-order valence-electron chi connectivity index (χ3n) is 1.96. The van der Waals surface area contributed by atoms with E-state index in [0.717, 1.165) is 3.57 Å². The second kappa shape index (κ2) is 4.37. The van der Waals surface area contributed by atoms with E-state index in [1.807, 2.05) is 6.07 Å². The van der Waals surface area contributed by atoms with E-state index in [1.54, 1.807) is 18.2 Å². The third-order valence-corrected chi connectivity index (χ3v) is 3.13. The smallest absolute Gasteiger partial charge is 0.197 e. The first kappa shape index (κ1) is 10.7. The summed E-state index contributed by atoms with van der Waals surface area (Å²) in [4.78, 5) is 12.0. The molecule has 76 valence electrons. The lowest BCUT2D eigenvalue weighted by molar-refractivity contribution is 0.103. The minimum absolute atomic E-state index is 0.0735. The quantitative estimate of drug-likeness (QED) is 0.619. The zero-order valence-electron chi connectivity index (χ0n) is 7.54. The van der Waals surface area contributed by atoms with Gasteiger partial charge in [0, 0.05) is 14.2 Å². The average molecular weight is 333 g/mol. The molecule has 0 aliphatic heterocycles. The summed E-state index contributed by atoms with van der Waals surface area (Å²) in [6.07, 6.45) is 2.91. The fourth-order valence-electron chi connectivity index (χ4n) is 1.22. The molecule has 1 aromatic heterocycles. The van der Waals surface area contributed by atoms with Gasteiger partial charge in [-0.05, 0) is 46.9 Å². The number of ketones is 1. The van der Waals surface area contributed by atoms with Crippen molar-refractivity contribution in [3.63, 3.8) is 0 Å². The minimum atomic E-state index is -0.0735. The first-order valence-corrected chi connectivity index (χ1v) is 5.66. The third kappa shape index (κ3) is 2.23.